The molecule has 0 bridgehead atoms. The molecule has 47 heavy (non-hydrogen) atoms. The topological polar surface area (TPSA) is 88.6 Å². The van der Waals surface area contributed by atoms with Gasteiger partial charge in [0.15, 0.2) is 0 Å². The fraction of sp³-hybridized carbons (Fsp3) is 0.472. The molecule has 0 unspecified atom stereocenters. The highest BCUT2D eigenvalue weighted by Gasteiger charge is 2.39. The third kappa shape index (κ3) is 8.32. The van der Waals surface area contributed by atoms with Crippen molar-refractivity contribution in [1.29, 1.82) is 0 Å². The van der Waals surface area contributed by atoms with E-state index in [0.29, 0.717) is 55.1 Å². The lowest BCUT2D eigenvalue weighted by Gasteiger charge is -2.42. The standard InChI is InChI=1S/C36H46FN3O6S/c1-28-24-33(44-3)25-29(2)35(28)47(42,43)40(32-12-5-4-6-13-32)21-22-45-27-34(41)39-18-14-36(15-19-39,30-10-9-11-31(37)26-30)46-23-20-38-16-7-8-17-38/h4-6,9-13,24-26H,7-8,14-23,27H2,1-3H3. The van der Waals surface area contributed by atoms with Gasteiger partial charge in [0.25, 0.3) is 10.0 Å². The van der Waals surface area contributed by atoms with Crippen LogP contribution < -0.4 is 9.04 Å². The number of piperidine rings is 1. The van der Waals surface area contributed by atoms with E-state index in [1.165, 1.54) is 29.3 Å². The van der Waals surface area contributed by atoms with Gasteiger partial charge in [-0.15, -0.1) is 0 Å². The summed E-state index contributed by atoms with van der Waals surface area (Å²) in [6, 6.07) is 18.9. The molecule has 2 heterocycles. The number of anilines is 1. The Balaban J connectivity index is 1.20. The van der Waals surface area contributed by atoms with Gasteiger partial charge in [-0.05, 0) is 106 Å². The normalized spacial score (nSPS) is 16.7. The molecule has 254 valence electrons. The van der Waals surface area contributed by atoms with Crippen LogP contribution in [-0.4, -0.2) is 90.3 Å². The predicted molar refractivity (Wildman–Crippen MR) is 180 cm³/mol. The van der Waals surface area contributed by atoms with E-state index in [1.807, 2.05) is 12.1 Å². The highest BCUT2D eigenvalue weighted by Crippen LogP contribution is 2.37. The molecule has 2 aliphatic heterocycles. The molecule has 2 saturated heterocycles. The molecular weight excluding hydrogens is 621 g/mol. The lowest BCUT2D eigenvalue weighted by molar-refractivity contribution is -0.144. The van der Waals surface area contributed by atoms with Crippen LogP contribution in [-0.2, 0) is 29.9 Å². The van der Waals surface area contributed by atoms with Crippen LogP contribution in [0.25, 0.3) is 0 Å². The first kappa shape index (κ1) is 34.8. The van der Waals surface area contributed by atoms with Crippen molar-refractivity contribution in [3.8, 4) is 5.75 Å². The van der Waals surface area contributed by atoms with Gasteiger partial charge in [0.2, 0.25) is 5.91 Å². The Morgan fingerprint density at radius 1 is 0.915 bits per heavy atom. The van der Waals surface area contributed by atoms with Gasteiger partial charge in [0.1, 0.15) is 18.2 Å². The molecule has 0 atom stereocenters. The number of halogens is 1. The van der Waals surface area contributed by atoms with Crippen molar-refractivity contribution in [2.24, 2.45) is 0 Å². The van der Waals surface area contributed by atoms with Crippen molar-refractivity contribution in [1.82, 2.24) is 9.80 Å². The highest BCUT2D eigenvalue weighted by molar-refractivity contribution is 7.93. The summed E-state index contributed by atoms with van der Waals surface area (Å²) in [5.74, 6) is 0.109. The van der Waals surface area contributed by atoms with Crippen molar-refractivity contribution >= 4 is 21.6 Å². The summed E-state index contributed by atoms with van der Waals surface area (Å²) in [5, 5.41) is 0. The maximum atomic E-state index is 14.3. The van der Waals surface area contributed by atoms with Crippen LogP contribution in [0.5, 0.6) is 5.75 Å². The number of rotatable bonds is 14. The minimum Gasteiger partial charge on any atom is -0.497 e. The van der Waals surface area contributed by atoms with Crippen LogP contribution >= 0.6 is 0 Å². The number of amides is 1. The Morgan fingerprint density at radius 3 is 2.23 bits per heavy atom. The first-order chi connectivity index (χ1) is 22.6. The van der Waals surface area contributed by atoms with Crippen molar-refractivity contribution in [3.63, 3.8) is 0 Å². The molecule has 2 aliphatic rings. The van der Waals surface area contributed by atoms with Gasteiger partial charge < -0.3 is 24.0 Å². The Kier molecular flexibility index (Phi) is 11.5. The molecule has 11 heteroatoms. The van der Waals surface area contributed by atoms with Crippen molar-refractivity contribution < 1.29 is 31.8 Å². The SMILES string of the molecule is COc1cc(C)c(S(=O)(=O)N(CCOCC(=O)N2CCC(OCCN3CCCC3)(c3cccc(F)c3)CC2)c2ccccc2)c(C)c1. The number of para-hydroxylation sites is 1. The molecule has 9 nitrogen and oxygen atoms in total. The second kappa shape index (κ2) is 15.6. The number of hydrogen-bond acceptors (Lipinski definition) is 7. The molecule has 3 aromatic carbocycles. The molecule has 0 aliphatic carbocycles. The van der Waals surface area contributed by atoms with Crippen LogP contribution in [0.3, 0.4) is 0 Å². The molecule has 0 radical (unpaired) electrons. The predicted octanol–water partition coefficient (Wildman–Crippen LogP) is 5.29. The number of methoxy groups -OCH3 is 1. The average Bonchev–Trinajstić information content (AvgIpc) is 3.58. The second-order valence-corrected chi connectivity index (χ2v) is 14.1. The molecule has 5 rings (SSSR count). The Labute approximate surface area is 278 Å². The fourth-order valence-corrected chi connectivity index (χ4v) is 8.57. The van der Waals surface area contributed by atoms with Gasteiger partial charge in [0, 0.05) is 19.6 Å². The Hall–Kier alpha value is -3.51. The number of carbonyl (C=O) groups is 1. The quantitative estimate of drug-likeness (QED) is 0.216. The van der Waals surface area contributed by atoms with Crippen molar-refractivity contribution in [2.45, 2.75) is 50.0 Å². The lowest BCUT2D eigenvalue weighted by Crippen LogP contribution is -2.48. The zero-order valence-corrected chi connectivity index (χ0v) is 28.4. The first-order valence-corrected chi connectivity index (χ1v) is 17.8. The van der Waals surface area contributed by atoms with Crippen LogP contribution in [0, 0.1) is 19.7 Å². The number of ether oxygens (including phenoxy) is 3. The van der Waals surface area contributed by atoms with E-state index in [0.717, 1.165) is 25.2 Å². The maximum absolute atomic E-state index is 14.3. The molecule has 3 aromatic rings. The maximum Gasteiger partial charge on any atom is 0.264 e. The number of benzene rings is 3. The summed E-state index contributed by atoms with van der Waals surface area (Å²) in [7, 11) is -2.41. The van der Waals surface area contributed by atoms with Gasteiger partial charge in [-0.3, -0.25) is 9.10 Å². The van der Waals surface area contributed by atoms with Crippen molar-refractivity contribution in [2.75, 3.05) is 70.5 Å². The lowest BCUT2D eigenvalue weighted by atomic mass is 9.84. The zero-order valence-electron chi connectivity index (χ0n) is 27.6. The van der Waals surface area contributed by atoms with E-state index in [-0.39, 0.29) is 36.4 Å². The second-order valence-electron chi connectivity index (χ2n) is 12.3. The zero-order chi connectivity index (χ0) is 33.4. The Bertz CT molecular complexity index is 1580. The van der Waals surface area contributed by atoms with E-state index in [2.05, 4.69) is 4.90 Å². The fourth-order valence-electron chi connectivity index (χ4n) is 6.71. The number of sulfonamides is 1. The molecule has 1 amide bonds. The molecular formula is C36H46FN3O6S. The first-order valence-electron chi connectivity index (χ1n) is 16.3. The highest BCUT2D eigenvalue weighted by atomic mass is 32.2. The summed E-state index contributed by atoms with van der Waals surface area (Å²) >= 11 is 0. The number of nitrogens with zero attached hydrogens (tertiary/aromatic N) is 3. The van der Waals surface area contributed by atoms with Crippen LogP contribution in [0.1, 0.15) is 42.4 Å². The largest absolute Gasteiger partial charge is 0.497 e. The van der Waals surface area contributed by atoms with Crippen LogP contribution in [0.4, 0.5) is 10.1 Å². The van der Waals surface area contributed by atoms with E-state index in [1.54, 1.807) is 68.3 Å². The molecule has 2 fully saturated rings. The number of likely N-dealkylation sites (tertiary alicyclic amines) is 2. The summed E-state index contributed by atoms with van der Waals surface area (Å²) in [6.45, 7) is 7.81. The molecule has 0 saturated carbocycles. The smallest absolute Gasteiger partial charge is 0.264 e. The number of carbonyl (C=O) groups excluding carboxylic acids is 1. The third-order valence-corrected chi connectivity index (χ3v) is 11.3. The molecule has 0 aromatic heterocycles. The van der Waals surface area contributed by atoms with Gasteiger partial charge in [-0.2, -0.15) is 0 Å². The van der Waals surface area contributed by atoms with Crippen LogP contribution in [0.2, 0.25) is 0 Å². The van der Waals surface area contributed by atoms with E-state index in [4.69, 9.17) is 14.2 Å². The number of aryl methyl sites for hydroxylation is 2. The third-order valence-electron chi connectivity index (χ3n) is 9.19. The molecule has 0 spiro atoms. The average molecular weight is 668 g/mol. The Morgan fingerprint density at radius 2 is 1.60 bits per heavy atom. The van der Waals surface area contributed by atoms with E-state index >= 15 is 0 Å². The monoisotopic (exact) mass is 667 g/mol. The minimum atomic E-state index is -3.96. The van der Waals surface area contributed by atoms with E-state index < -0.39 is 15.6 Å². The summed E-state index contributed by atoms with van der Waals surface area (Å²) in [6.07, 6.45) is 3.50. The van der Waals surface area contributed by atoms with Gasteiger partial charge >= 0.3 is 0 Å². The van der Waals surface area contributed by atoms with Crippen LogP contribution in [0.15, 0.2) is 71.6 Å². The van der Waals surface area contributed by atoms with Crippen molar-refractivity contribution in [3.05, 3.63) is 89.2 Å². The van der Waals surface area contributed by atoms with Gasteiger partial charge in [-0.25, -0.2) is 12.8 Å². The summed E-state index contributed by atoms with van der Waals surface area (Å²) in [5.41, 5.74) is 1.80. The van der Waals surface area contributed by atoms with Gasteiger partial charge in [0.05, 0.1) is 43.1 Å². The van der Waals surface area contributed by atoms with Gasteiger partial charge in [-0.1, -0.05) is 30.3 Å². The van der Waals surface area contributed by atoms with E-state index in [9.17, 15) is 17.6 Å². The minimum absolute atomic E-state index is 0.0226. The summed E-state index contributed by atoms with van der Waals surface area (Å²) in [4.78, 5) is 17.6. The molecule has 0 N–H and O–H groups in total. The number of hydrogen-bond donors (Lipinski definition) is 0. The summed E-state index contributed by atoms with van der Waals surface area (Å²) < 4.78 is 61.3.